The minimum absolute atomic E-state index is 0.00443. The standard InChI is InChI=1S/C13H12ClNOS/c1-7-5-10(8(2)17-7)13(16)9-3-4-11(14)12(15)6-9/h3-6H,15H2,1-2H3. The molecule has 2 N–H and O–H groups in total. The number of rotatable bonds is 2. The molecule has 0 bridgehead atoms. The summed E-state index contributed by atoms with van der Waals surface area (Å²) >= 11 is 7.45. The molecule has 0 aliphatic rings. The molecule has 1 aromatic carbocycles. The summed E-state index contributed by atoms with van der Waals surface area (Å²) in [7, 11) is 0. The van der Waals surface area contributed by atoms with Crippen molar-refractivity contribution in [3.05, 3.63) is 50.2 Å². The second-order valence-corrected chi connectivity index (χ2v) is 5.76. The van der Waals surface area contributed by atoms with E-state index in [9.17, 15) is 4.79 Å². The molecule has 2 aromatic rings. The van der Waals surface area contributed by atoms with E-state index in [0.717, 1.165) is 15.3 Å². The lowest BCUT2D eigenvalue weighted by Crippen LogP contribution is -2.02. The molecule has 1 heterocycles. The van der Waals surface area contributed by atoms with Gasteiger partial charge >= 0.3 is 0 Å². The summed E-state index contributed by atoms with van der Waals surface area (Å²) < 4.78 is 0. The summed E-state index contributed by atoms with van der Waals surface area (Å²) in [6, 6.07) is 6.89. The highest BCUT2D eigenvalue weighted by atomic mass is 35.5. The molecule has 2 nitrogen and oxygen atoms in total. The predicted octanol–water partition coefficient (Wildman–Crippen LogP) is 3.83. The number of hydrogen-bond donors (Lipinski definition) is 1. The first-order valence-electron chi connectivity index (χ1n) is 5.16. The van der Waals surface area contributed by atoms with Crippen molar-refractivity contribution in [1.29, 1.82) is 0 Å². The van der Waals surface area contributed by atoms with E-state index in [1.165, 1.54) is 0 Å². The highest BCUT2D eigenvalue weighted by molar-refractivity contribution is 7.12. The first kappa shape index (κ1) is 12.1. The monoisotopic (exact) mass is 265 g/mol. The Morgan fingerprint density at radius 3 is 2.53 bits per heavy atom. The summed E-state index contributed by atoms with van der Waals surface area (Å²) in [5, 5.41) is 0.472. The van der Waals surface area contributed by atoms with E-state index < -0.39 is 0 Å². The van der Waals surface area contributed by atoms with Crippen LogP contribution in [0.25, 0.3) is 0 Å². The van der Waals surface area contributed by atoms with Crippen molar-refractivity contribution in [1.82, 2.24) is 0 Å². The maximum atomic E-state index is 12.3. The third kappa shape index (κ3) is 2.35. The molecular weight excluding hydrogens is 254 g/mol. The number of ketones is 1. The summed E-state index contributed by atoms with van der Waals surface area (Å²) in [6.07, 6.45) is 0. The van der Waals surface area contributed by atoms with Gasteiger partial charge in [0.05, 0.1) is 10.7 Å². The molecule has 4 heteroatoms. The van der Waals surface area contributed by atoms with Crippen LogP contribution in [0.2, 0.25) is 5.02 Å². The molecule has 0 saturated heterocycles. The summed E-state index contributed by atoms with van der Waals surface area (Å²) in [5.74, 6) is -0.00443. The number of carbonyl (C=O) groups excluding carboxylic acids is 1. The number of anilines is 1. The molecule has 0 aliphatic heterocycles. The van der Waals surface area contributed by atoms with Gasteiger partial charge in [-0.25, -0.2) is 0 Å². The number of halogens is 1. The molecule has 0 fully saturated rings. The largest absolute Gasteiger partial charge is 0.398 e. The second kappa shape index (κ2) is 4.51. The minimum atomic E-state index is -0.00443. The zero-order chi connectivity index (χ0) is 12.6. The molecule has 17 heavy (non-hydrogen) atoms. The number of nitrogens with two attached hydrogens (primary N) is 1. The van der Waals surface area contributed by atoms with Gasteiger partial charge in [-0.3, -0.25) is 4.79 Å². The third-order valence-corrected chi connectivity index (χ3v) is 3.85. The first-order chi connectivity index (χ1) is 7.99. The van der Waals surface area contributed by atoms with E-state index in [2.05, 4.69) is 0 Å². The van der Waals surface area contributed by atoms with Crippen LogP contribution in [0, 0.1) is 13.8 Å². The molecular formula is C13H12ClNOS. The van der Waals surface area contributed by atoms with Gasteiger partial charge < -0.3 is 5.73 Å². The third-order valence-electron chi connectivity index (χ3n) is 2.54. The molecule has 0 spiro atoms. The van der Waals surface area contributed by atoms with E-state index in [1.807, 2.05) is 19.9 Å². The Kier molecular flexibility index (Phi) is 3.22. The normalized spacial score (nSPS) is 10.5. The lowest BCUT2D eigenvalue weighted by atomic mass is 10.0. The van der Waals surface area contributed by atoms with Crippen molar-refractivity contribution in [3.8, 4) is 0 Å². The Morgan fingerprint density at radius 1 is 1.29 bits per heavy atom. The van der Waals surface area contributed by atoms with Crippen molar-refractivity contribution in [2.45, 2.75) is 13.8 Å². The van der Waals surface area contributed by atoms with Gasteiger partial charge in [0.1, 0.15) is 0 Å². The number of nitrogen functional groups attached to an aromatic ring is 1. The van der Waals surface area contributed by atoms with Crippen LogP contribution in [0.15, 0.2) is 24.3 Å². The SMILES string of the molecule is Cc1cc(C(=O)c2ccc(Cl)c(N)c2)c(C)s1. The van der Waals surface area contributed by atoms with Gasteiger partial charge in [-0.1, -0.05) is 11.6 Å². The fourth-order valence-corrected chi connectivity index (χ4v) is 2.74. The molecule has 0 unspecified atom stereocenters. The number of thiophene rings is 1. The van der Waals surface area contributed by atoms with Crippen LogP contribution in [0.5, 0.6) is 0 Å². The summed E-state index contributed by atoms with van der Waals surface area (Å²) in [5.41, 5.74) is 7.45. The molecule has 0 atom stereocenters. The maximum Gasteiger partial charge on any atom is 0.194 e. The fourth-order valence-electron chi connectivity index (χ4n) is 1.70. The highest BCUT2D eigenvalue weighted by Gasteiger charge is 2.14. The average molecular weight is 266 g/mol. The van der Waals surface area contributed by atoms with Crippen molar-refractivity contribution in [2.24, 2.45) is 0 Å². The highest BCUT2D eigenvalue weighted by Crippen LogP contribution is 2.26. The van der Waals surface area contributed by atoms with Crippen LogP contribution < -0.4 is 5.73 Å². The quantitative estimate of drug-likeness (QED) is 0.662. The Hall–Kier alpha value is -1.32. The minimum Gasteiger partial charge on any atom is -0.398 e. The van der Waals surface area contributed by atoms with Crippen molar-refractivity contribution >= 4 is 34.4 Å². The number of aryl methyl sites for hydroxylation is 2. The Balaban J connectivity index is 2.44. The zero-order valence-electron chi connectivity index (χ0n) is 9.58. The summed E-state index contributed by atoms with van der Waals surface area (Å²) in [6.45, 7) is 3.94. The Bertz CT molecular complexity index is 589. The van der Waals surface area contributed by atoms with Gasteiger partial charge in [-0.2, -0.15) is 0 Å². The average Bonchev–Trinajstić information content (AvgIpc) is 2.61. The van der Waals surface area contributed by atoms with Crippen molar-refractivity contribution < 1.29 is 4.79 Å². The lowest BCUT2D eigenvalue weighted by Gasteiger charge is -2.03. The molecule has 2 rings (SSSR count). The number of hydrogen-bond acceptors (Lipinski definition) is 3. The van der Waals surface area contributed by atoms with E-state index in [1.54, 1.807) is 29.5 Å². The van der Waals surface area contributed by atoms with E-state index >= 15 is 0 Å². The number of benzene rings is 1. The van der Waals surface area contributed by atoms with Crippen LogP contribution in [0.3, 0.4) is 0 Å². The van der Waals surface area contributed by atoms with Crippen LogP contribution in [-0.4, -0.2) is 5.78 Å². The van der Waals surface area contributed by atoms with Crippen LogP contribution >= 0.6 is 22.9 Å². The van der Waals surface area contributed by atoms with Crippen LogP contribution in [0.1, 0.15) is 25.7 Å². The lowest BCUT2D eigenvalue weighted by molar-refractivity contribution is 0.103. The van der Waals surface area contributed by atoms with E-state index in [-0.39, 0.29) is 5.78 Å². The van der Waals surface area contributed by atoms with Gasteiger partial charge in [0.15, 0.2) is 5.78 Å². The summed E-state index contributed by atoms with van der Waals surface area (Å²) in [4.78, 5) is 14.4. The molecule has 0 aliphatic carbocycles. The van der Waals surface area contributed by atoms with Gasteiger partial charge in [0.25, 0.3) is 0 Å². The molecule has 1 aromatic heterocycles. The first-order valence-corrected chi connectivity index (χ1v) is 6.35. The van der Waals surface area contributed by atoms with Crippen molar-refractivity contribution in [2.75, 3.05) is 5.73 Å². The predicted molar refractivity (Wildman–Crippen MR) is 73.1 cm³/mol. The Morgan fingerprint density at radius 2 is 2.00 bits per heavy atom. The van der Waals surface area contributed by atoms with Gasteiger partial charge in [0.2, 0.25) is 0 Å². The zero-order valence-corrected chi connectivity index (χ0v) is 11.2. The van der Waals surface area contributed by atoms with Gasteiger partial charge in [-0.05, 0) is 38.1 Å². The molecule has 0 saturated carbocycles. The topological polar surface area (TPSA) is 43.1 Å². The fraction of sp³-hybridized carbons (Fsp3) is 0.154. The van der Waals surface area contributed by atoms with E-state index in [4.69, 9.17) is 17.3 Å². The van der Waals surface area contributed by atoms with Crippen LogP contribution in [-0.2, 0) is 0 Å². The van der Waals surface area contributed by atoms with Gasteiger partial charge in [0, 0.05) is 20.9 Å². The molecule has 88 valence electrons. The maximum absolute atomic E-state index is 12.3. The Labute approximate surface area is 109 Å². The molecule has 0 amide bonds. The molecule has 0 radical (unpaired) electrons. The smallest absolute Gasteiger partial charge is 0.194 e. The van der Waals surface area contributed by atoms with Gasteiger partial charge in [-0.15, -0.1) is 11.3 Å². The second-order valence-electron chi connectivity index (χ2n) is 3.89. The number of carbonyl (C=O) groups is 1. The van der Waals surface area contributed by atoms with E-state index in [0.29, 0.717) is 16.3 Å². The van der Waals surface area contributed by atoms with Crippen LogP contribution in [0.4, 0.5) is 5.69 Å². The van der Waals surface area contributed by atoms with Crippen molar-refractivity contribution in [3.63, 3.8) is 0 Å².